The van der Waals surface area contributed by atoms with Crippen LogP contribution in [-0.4, -0.2) is 36.8 Å². The molecule has 0 aliphatic carbocycles. The maximum absolute atomic E-state index is 5.58. The van der Waals surface area contributed by atoms with Crippen LogP contribution in [0.3, 0.4) is 0 Å². The SMILES string of the molecule is CCN(CCOC)c1cc(C(N)=S)ccn1. The fourth-order valence-electron chi connectivity index (χ4n) is 1.38. The lowest BCUT2D eigenvalue weighted by molar-refractivity contribution is 0.205. The van der Waals surface area contributed by atoms with Gasteiger partial charge in [-0.25, -0.2) is 4.98 Å². The van der Waals surface area contributed by atoms with Gasteiger partial charge in [-0.15, -0.1) is 0 Å². The molecule has 0 aromatic carbocycles. The second kappa shape index (κ2) is 6.40. The third-order valence-electron chi connectivity index (χ3n) is 2.30. The molecule has 0 fully saturated rings. The smallest absolute Gasteiger partial charge is 0.129 e. The summed E-state index contributed by atoms with van der Waals surface area (Å²) in [5.41, 5.74) is 6.43. The third-order valence-corrected chi connectivity index (χ3v) is 2.54. The van der Waals surface area contributed by atoms with Crippen LogP contribution in [0.4, 0.5) is 5.82 Å². The van der Waals surface area contributed by atoms with E-state index in [1.165, 1.54) is 0 Å². The van der Waals surface area contributed by atoms with Gasteiger partial charge >= 0.3 is 0 Å². The highest BCUT2D eigenvalue weighted by molar-refractivity contribution is 7.80. The highest BCUT2D eigenvalue weighted by Crippen LogP contribution is 2.12. The number of pyridine rings is 1. The van der Waals surface area contributed by atoms with E-state index in [0.717, 1.165) is 24.5 Å². The molecule has 4 nitrogen and oxygen atoms in total. The van der Waals surface area contributed by atoms with Crippen LogP contribution in [0.15, 0.2) is 18.3 Å². The lowest BCUT2D eigenvalue weighted by atomic mass is 10.2. The lowest BCUT2D eigenvalue weighted by Crippen LogP contribution is -2.28. The predicted molar refractivity (Wildman–Crippen MR) is 69.9 cm³/mol. The fourth-order valence-corrected chi connectivity index (χ4v) is 1.51. The van der Waals surface area contributed by atoms with Crippen LogP contribution in [0.1, 0.15) is 12.5 Å². The Morgan fingerprint density at radius 1 is 1.62 bits per heavy atom. The molecule has 88 valence electrons. The average molecular weight is 239 g/mol. The van der Waals surface area contributed by atoms with Crippen molar-refractivity contribution in [2.24, 2.45) is 5.73 Å². The maximum atomic E-state index is 5.58. The molecule has 0 aliphatic heterocycles. The zero-order valence-electron chi connectivity index (χ0n) is 9.64. The van der Waals surface area contributed by atoms with Crippen molar-refractivity contribution >= 4 is 23.0 Å². The van der Waals surface area contributed by atoms with Gasteiger partial charge in [0.2, 0.25) is 0 Å². The molecule has 0 bridgehead atoms. The number of ether oxygens (including phenoxy) is 1. The van der Waals surface area contributed by atoms with Gasteiger partial charge < -0.3 is 15.4 Å². The van der Waals surface area contributed by atoms with Gasteiger partial charge in [-0.3, -0.25) is 0 Å². The number of thiocarbonyl (C=S) groups is 1. The van der Waals surface area contributed by atoms with Gasteiger partial charge in [0.15, 0.2) is 0 Å². The molecule has 0 saturated carbocycles. The molecule has 0 spiro atoms. The predicted octanol–water partition coefficient (Wildman–Crippen LogP) is 1.19. The summed E-state index contributed by atoms with van der Waals surface area (Å²) < 4.78 is 5.05. The van der Waals surface area contributed by atoms with Crippen LogP contribution in [0.2, 0.25) is 0 Å². The monoisotopic (exact) mass is 239 g/mol. The molecule has 16 heavy (non-hydrogen) atoms. The van der Waals surface area contributed by atoms with Gasteiger partial charge in [0.05, 0.1) is 6.61 Å². The zero-order chi connectivity index (χ0) is 12.0. The van der Waals surface area contributed by atoms with E-state index in [4.69, 9.17) is 22.7 Å². The first kappa shape index (κ1) is 12.9. The molecule has 1 heterocycles. The van der Waals surface area contributed by atoms with Crippen molar-refractivity contribution < 1.29 is 4.74 Å². The molecule has 0 unspecified atom stereocenters. The summed E-state index contributed by atoms with van der Waals surface area (Å²) in [7, 11) is 1.69. The third kappa shape index (κ3) is 3.43. The van der Waals surface area contributed by atoms with Gasteiger partial charge in [0.1, 0.15) is 10.8 Å². The van der Waals surface area contributed by atoms with Crippen LogP contribution in [0, 0.1) is 0 Å². The minimum Gasteiger partial charge on any atom is -0.389 e. The summed E-state index contributed by atoms with van der Waals surface area (Å²) >= 11 is 4.94. The molecule has 0 radical (unpaired) electrons. The standard InChI is InChI=1S/C11H17N3OS/c1-3-14(6-7-15-2)10-8-9(11(12)16)4-5-13-10/h4-5,8H,3,6-7H2,1-2H3,(H2,12,16). The van der Waals surface area contributed by atoms with E-state index in [0.29, 0.717) is 11.6 Å². The van der Waals surface area contributed by atoms with Crippen LogP contribution in [-0.2, 0) is 4.74 Å². The number of anilines is 1. The van der Waals surface area contributed by atoms with Crippen LogP contribution in [0.5, 0.6) is 0 Å². The Bertz CT molecular complexity index is 357. The molecule has 0 aliphatic rings. The van der Waals surface area contributed by atoms with Crippen LogP contribution < -0.4 is 10.6 Å². The van der Waals surface area contributed by atoms with Crippen molar-refractivity contribution in [2.75, 3.05) is 31.7 Å². The largest absolute Gasteiger partial charge is 0.389 e. The van der Waals surface area contributed by atoms with E-state index >= 15 is 0 Å². The van der Waals surface area contributed by atoms with Crippen molar-refractivity contribution in [1.29, 1.82) is 0 Å². The van der Waals surface area contributed by atoms with Crippen molar-refractivity contribution in [2.45, 2.75) is 6.92 Å². The first-order valence-electron chi connectivity index (χ1n) is 5.18. The molecular formula is C11H17N3OS. The molecule has 2 N–H and O–H groups in total. The van der Waals surface area contributed by atoms with Crippen molar-refractivity contribution in [3.8, 4) is 0 Å². The minimum atomic E-state index is 0.395. The number of rotatable bonds is 6. The Labute approximate surface area is 101 Å². The summed E-state index contributed by atoms with van der Waals surface area (Å²) in [4.78, 5) is 6.81. The van der Waals surface area contributed by atoms with Gasteiger partial charge in [-0.2, -0.15) is 0 Å². The maximum Gasteiger partial charge on any atom is 0.129 e. The molecule has 0 saturated heterocycles. The van der Waals surface area contributed by atoms with Crippen molar-refractivity contribution in [3.05, 3.63) is 23.9 Å². The summed E-state index contributed by atoms with van der Waals surface area (Å²) in [6, 6.07) is 3.72. The summed E-state index contributed by atoms with van der Waals surface area (Å²) in [5.74, 6) is 0.879. The fraction of sp³-hybridized carbons (Fsp3) is 0.455. The van der Waals surface area contributed by atoms with E-state index in [1.54, 1.807) is 13.3 Å². The van der Waals surface area contributed by atoms with E-state index in [1.807, 2.05) is 12.1 Å². The molecule has 0 amide bonds. The Balaban J connectivity index is 2.83. The number of aromatic nitrogens is 1. The molecule has 1 rings (SSSR count). The van der Waals surface area contributed by atoms with E-state index in [2.05, 4.69) is 16.8 Å². The van der Waals surface area contributed by atoms with Gasteiger partial charge in [0, 0.05) is 32.0 Å². The van der Waals surface area contributed by atoms with E-state index in [9.17, 15) is 0 Å². The van der Waals surface area contributed by atoms with Gasteiger partial charge in [-0.05, 0) is 19.1 Å². The van der Waals surface area contributed by atoms with Crippen LogP contribution in [0.25, 0.3) is 0 Å². The summed E-state index contributed by atoms with van der Waals surface area (Å²) in [5, 5.41) is 0. The second-order valence-electron chi connectivity index (χ2n) is 3.34. The second-order valence-corrected chi connectivity index (χ2v) is 3.78. The molecule has 1 aromatic rings. The Kier molecular flexibility index (Phi) is 5.14. The average Bonchev–Trinajstić information content (AvgIpc) is 2.30. The first-order chi connectivity index (χ1) is 7.69. The summed E-state index contributed by atoms with van der Waals surface area (Å²) in [6.45, 7) is 4.43. The number of methoxy groups -OCH3 is 1. The summed E-state index contributed by atoms with van der Waals surface area (Å²) in [6.07, 6.45) is 1.72. The zero-order valence-corrected chi connectivity index (χ0v) is 10.5. The highest BCUT2D eigenvalue weighted by atomic mass is 32.1. The first-order valence-corrected chi connectivity index (χ1v) is 5.59. The topological polar surface area (TPSA) is 51.4 Å². The minimum absolute atomic E-state index is 0.395. The molecule has 5 heteroatoms. The van der Waals surface area contributed by atoms with Crippen molar-refractivity contribution in [1.82, 2.24) is 4.98 Å². The highest BCUT2D eigenvalue weighted by Gasteiger charge is 2.06. The Morgan fingerprint density at radius 2 is 2.38 bits per heavy atom. The van der Waals surface area contributed by atoms with Crippen LogP contribution >= 0.6 is 12.2 Å². The van der Waals surface area contributed by atoms with E-state index in [-0.39, 0.29) is 0 Å². The number of likely N-dealkylation sites (N-methyl/N-ethyl adjacent to an activating group) is 1. The van der Waals surface area contributed by atoms with Gasteiger partial charge in [0.25, 0.3) is 0 Å². The molecular weight excluding hydrogens is 222 g/mol. The number of nitrogens with zero attached hydrogens (tertiary/aromatic N) is 2. The quantitative estimate of drug-likeness (QED) is 0.756. The van der Waals surface area contributed by atoms with Gasteiger partial charge in [-0.1, -0.05) is 12.2 Å². The number of nitrogens with two attached hydrogens (primary N) is 1. The molecule has 0 atom stereocenters. The number of hydrogen-bond donors (Lipinski definition) is 1. The van der Waals surface area contributed by atoms with E-state index < -0.39 is 0 Å². The Morgan fingerprint density at radius 3 is 2.94 bits per heavy atom. The Hall–Kier alpha value is -1.20. The molecule has 1 aromatic heterocycles. The normalized spacial score (nSPS) is 10.1. The lowest BCUT2D eigenvalue weighted by Gasteiger charge is -2.21. The van der Waals surface area contributed by atoms with Crippen molar-refractivity contribution in [3.63, 3.8) is 0 Å². The number of hydrogen-bond acceptors (Lipinski definition) is 4.